The molecule has 0 aliphatic carbocycles. The lowest BCUT2D eigenvalue weighted by Gasteiger charge is -2.32. The average Bonchev–Trinajstić information content (AvgIpc) is 2.12. The van der Waals surface area contributed by atoms with Crippen molar-refractivity contribution < 1.29 is 5.11 Å². The Morgan fingerprint density at radius 1 is 1.57 bits per heavy atom. The normalized spacial score (nSPS) is 19.0. The predicted octanol–water partition coefficient (Wildman–Crippen LogP) is 1.13. The van der Waals surface area contributed by atoms with Crippen LogP contribution in [0.25, 0.3) is 0 Å². The first-order valence-corrected chi connectivity index (χ1v) is 5.08. The molecular weight excluding hydrogens is 176 g/mol. The van der Waals surface area contributed by atoms with Crippen LogP contribution in [0.2, 0.25) is 0 Å². The number of hydrogen-bond acceptors (Lipinski definition) is 3. The minimum absolute atomic E-state index is 0.385. The number of rotatable bonds is 3. The Morgan fingerprint density at radius 2 is 2.36 bits per heavy atom. The van der Waals surface area contributed by atoms with Crippen LogP contribution in [0.3, 0.4) is 0 Å². The van der Waals surface area contributed by atoms with Crippen LogP contribution < -0.4 is 0 Å². The van der Waals surface area contributed by atoms with E-state index in [-0.39, 0.29) is 6.10 Å². The lowest BCUT2D eigenvalue weighted by molar-refractivity contribution is 0.0783. The van der Waals surface area contributed by atoms with Crippen molar-refractivity contribution in [2.24, 2.45) is 0 Å². The Kier molecular flexibility index (Phi) is 2.79. The van der Waals surface area contributed by atoms with E-state index < -0.39 is 0 Å². The van der Waals surface area contributed by atoms with Gasteiger partial charge in [0.05, 0.1) is 6.10 Å². The van der Waals surface area contributed by atoms with Crippen molar-refractivity contribution >= 4 is 0 Å². The van der Waals surface area contributed by atoms with Gasteiger partial charge in [0, 0.05) is 24.5 Å². The highest BCUT2D eigenvalue weighted by molar-refractivity contribution is 5.23. The van der Waals surface area contributed by atoms with Crippen molar-refractivity contribution in [1.82, 2.24) is 9.88 Å². The number of β-amino-alcohol motifs (C(OH)–C–C–N with tert-alkyl or cyclic N) is 1. The fourth-order valence-corrected chi connectivity index (χ4v) is 1.73. The first-order valence-electron chi connectivity index (χ1n) is 5.08. The van der Waals surface area contributed by atoms with Crippen LogP contribution in [0.5, 0.6) is 0 Å². The number of aryl methyl sites for hydroxylation is 1. The molecular formula is C11H16N2O. The summed E-state index contributed by atoms with van der Waals surface area (Å²) >= 11 is 0. The molecule has 0 saturated carbocycles. The third-order valence-electron chi connectivity index (χ3n) is 2.82. The quantitative estimate of drug-likeness (QED) is 0.780. The van der Waals surface area contributed by atoms with Crippen molar-refractivity contribution in [3.8, 4) is 0 Å². The van der Waals surface area contributed by atoms with Crippen LogP contribution in [-0.2, 0) is 0 Å². The summed E-state index contributed by atoms with van der Waals surface area (Å²) < 4.78 is 0. The van der Waals surface area contributed by atoms with Gasteiger partial charge in [-0.05, 0) is 38.1 Å². The van der Waals surface area contributed by atoms with E-state index in [0.29, 0.717) is 0 Å². The fraction of sp³-hybridized carbons (Fsp3) is 0.545. The Balaban J connectivity index is 2.02. The first kappa shape index (κ1) is 9.62. The molecule has 3 nitrogen and oxygen atoms in total. The molecule has 1 unspecified atom stereocenters. The summed E-state index contributed by atoms with van der Waals surface area (Å²) in [6, 6.07) is 1.94. The van der Waals surface area contributed by atoms with Gasteiger partial charge in [-0.1, -0.05) is 0 Å². The molecule has 0 radical (unpaired) electrons. The highest BCUT2D eigenvalue weighted by Crippen LogP contribution is 2.19. The summed E-state index contributed by atoms with van der Waals surface area (Å²) in [5.74, 6) is 0. The Bertz CT molecular complexity index is 310. The summed E-state index contributed by atoms with van der Waals surface area (Å²) in [5.41, 5.74) is 2.08. The number of hydrogen-bond donors (Lipinski definition) is 1. The predicted molar refractivity (Wildman–Crippen MR) is 55.0 cm³/mol. The molecule has 76 valence electrons. The van der Waals surface area contributed by atoms with Crippen LogP contribution in [0.4, 0.5) is 0 Å². The van der Waals surface area contributed by atoms with Gasteiger partial charge in [0.25, 0.3) is 0 Å². The van der Waals surface area contributed by atoms with E-state index in [4.69, 9.17) is 0 Å². The molecule has 3 heteroatoms. The van der Waals surface area contributed by atoms with E-state index >= 15 is 0 Å². The van der Waals surface area contributed by atoms with Crippen LogP contribution in [-0.4, -0.2) is 34.6 Å². The highest BCUT2D eigenvalue weighted by Gasteiger charge is 2.19. The van der Waals surface area contributed by atoms with Crippen molar-refractivity contribution in [1.29, 1.82) is 0 Å². The van der Waals surface area contributed by atoms with Crippen LogP contribution >= 0.6 is 0 Å². The molecule has 2 heterocycles. The van der Waals surface area contributed by atoms with Gasteiger partial charge in [0.1, 0.15) is 0 Å². The minimum atomic E-state index is -0.385. The summed E-state index contributed by atoms with van der Waals surface area (Å²) in [5, 5.41) is 9.96. The summed E-state index contributed by atoms with van der Waals surface area (Å²) in [4.78, 5) is 6.30. The zero-order valence-corrected chi connectivity index (χ0v) is 8.48. The number of pyridine rings is 1. The summed E-state index contributed by atoms with van der Waals surface area (Å²) in [6.45, 7) is 5.00. The Labute approximate surface area is 84.4 Å². The molecule has 0 amide bonds. The maximum Gasteiger partial charge on any atom is 0.0934 e. The monoisotopic (exact) mass is 192 g/mol. The van der Waals surface area contributed by atoms with E-state index in [1.54, 1.807) is 12.4 Å². The van der Waals surface area contributed by atoms with Gasteiger partial charge in [0.15, 0.2) is 0 Å². The van der Waals surface area contributed by atoms with Gasteiger partial charge in [0.2, 0.25) is 0 Å². The molecule has 0 aromatic carbocycles. The number of aromatic nitrogens is 1. The van der Waals surface area contributed by atoms with Crippen LogP contribution in [0.15, 0.2) is 18.5 Å². The average molecular weight is 192 g/mol. The van der Waals surface area contributed by atoms with Gasteiger partial charge in [-0.15, -0.1) is 0 Å². The molecule has 1 aliphatic heterocycles. The van der Waals surface area contributed by atoms with E-state index in [9.17, 15) is 5.11 Å². The lowest BCUT2D eigenvalue weighted by atomic mass is 10.0. The molecule has 0 bridgehead atoms. The fourth-order valence-electron chi connectivity index (χ4n) is 1.73. The van der Waals surface area contributed by atoms with E-state index in [1.165, 1.54) is 6.42 Å². The van der Waals surface area contributed by atoms with Crippen LogP contribution in [0, 0.1) is 6.92 Å². The molecule has 1 aromatic rings. The SMILES string of the molecule is Cc1ccncc1C(O)CN1CCC1. The third-order valence-corrected chi connectivity index (χ3v) is 2.82. The molecule has 1 atom stereocenters. The van der Waals surface area contributed by atoms with Gasteiger partial charge >= 0.3 is 0 Å². The van der Waals surface area contributed by atoms with Crippen molar-refractivity contribution in [3.63, 3.8) is 0 Å². The second-order valence-corrected chi connectivity index (χ2v) is 3.90. The van der Waals surface area contributed by atoms with Gasteiger partial charge in [-0.25, -0.2) is 0 Å². The molecule has 1 aromatic heterocycles. The van der Waals surface area contributed by atoms with Crippen molar-refractivity contribution in [2.75, 3.05) is 19.6 Å². The van der Waals surface area contributed by atoms with Gasteiger partial charge < -0.3 is 10.0 Å². The largest absolute Gasteiger partial charge is 0.387 e. The zero-order chi connectivity index (χ0) is 9.97. The molecule has 1 saturated heterocycles. The minimum Gasteiger partial charge on any atom is -0.387 e. The lowest BCUT2D eigenvalue weighted by Crippen LogP contribution is -2.40. The molecule has 2 rings (SSSR count). The Morgan fingerprint density at radius 3 is 2.93 bits per heavy atom. The number of nitrogens with zero attached hydrogens (tertiary/aromatic N) is 2. The number of aliphatic hydroxyl groups is 1. The van der Waals surface area contributed by atoms with Gasteiger partial charge in [-0.2, -0.15) is 0 Å². The topological polar surface area (TPSA) is 36.4 Å². The summed E-state index contributed by atoms with van der Waals surface area (Å²) in [7, 11) is 0. The molecule has 1 fully saturated rings. The third kappa shape index (κ3) is 1.94. The second kappa shape index (κ2) is 4.07. The first-order chi connectivity index (χ1) is 6.77. The molecule has 1 aliphatic rings. The van der Waals surface area contributed by atoms with Crippen molar-refractivity contribution in [3.05, 3.63) is 29.6 Å². The Hall–Kier alpha value is -0.930. The smallest absolute Gasteiger partial charge is 0.0934 e. The zero-order valence-electron chi connectivity index (χ0n) is 8.48. The van der Waals surface area contributed by atoms with Crippen LogP contribution in [0.1, 0.15) is 23.7 Å². The second-order valence-electron chi connectivity index (χ2n) is 3.90. The molecule has 0 spiro atoms. The van der Waals surface area contributed by atoms with E-state index in [1.807, 2.05) is 13.0 Å². The van der Waals surface area contributed by atoms with E-state index in [2.05, 4.69) is 9.88 Å². The maximum atomic E-state index is 9.96. The highest BCUT2D eigenvalue weighted by atomic mass is 16.3. The maximum absolute atomic E-state index is 9.96. The van der Waals surface area contributed by atoms with Gasteiger partial charge in [-0.3, -0.25) is 4.98 Å². The molecule has 1 N–H and O–H groups in total. The number of aliphatic hydroxyl groups excluding tert-OH is 1. The number of likely N-dealkylation sites (tertiary alicyclic amines) is 1. The summed E-state index contributed by atoms with van der Waals surface area (Å²) in [6.07, 6.45) is 4.40. The van der Waals surface area contributed by atoms with E-state index in [0.717, 1.165) is 30.8 Å². The van der Waals surface area contributed by atoms with Crippen molar-refractivity contribution in [2.45, 2.75) is 19.4 Å². The standard InChI is InChI=1S/C11H16N2O/c1-9-3-4-12-7-10(9)11(14)8-13-5-2-6-13/h3-4,7,11,14H,2,5-6,8H2,1H3. The molecule has 14 heavy (non-hydrogen) atoms.